The van der Waals surface area contributed by atoms with Gasteiger partial charge in [0.1, 0.15) is 5.60 Å². The Morgan fingerprint density at radius 1 is 1.00 bits per heavy atom. The molecule has 4 aliphatic rings. The quantitative estimate of drug-likeness (QED) is 0.531. The second-order valence-electron chi connectivity index (χ2n) is 10.7. The number of esters is 2. The van der Waals surface area contributed by atoms with Gasteiger partial charge in [0.15, 0.2) is 6.61 Å². The monoisotopic (exact) mass is 394 g/mol. The van der Waals surface area contributed by atoms with Crippen molar-refractivity contribution in [2.75, 3.05) is 6.61 Å². The smallest absolute Gasteiger partial charge is 0.344 e. The largest absolute Gasteiger partial charge is 0.456 e. The maximum atomic E-state index is 12.5. The third-order valence-corrected chi connectivity index (χ3v) is 7.61. The van der Waals surface area contributed by atoms with Crippen LogP contribution >= 0.6 is 0 Å². The lowest BCUT2D eigenvalue weighted by Gasteiger charge is -2.70. The van der Waals surface area contributed by atoms with Crippen molar-refractivity contribution in [1.29, 1.82) is 0 Å². The van der Waals surface area contributed by atoms with E-state index in [1.54, 1.807) is 0 Å². The fourth-order valence-electron chi connectivity index (χ4n) is 6.35. The summed E-state index contributed by atoms with van der Waals surface area (Å²) >= 11 is 0. The van der Waals surface area contributed by atoms with Crippen LogP contribution in [0.5, 0.6) is 0 Å². The van der Waals surface area contributed by atoms with Crippen LogP contribution in [0.3, 0.4) is 0 Å². The van der Waals surface area contributed by atoms with Gasteiger partial charge in [-0.3, -0.25) is 0 Å². The average Bonchev–Trinajstić information content (AvgIpc) is 2.48. The van der Waals surface area contributed by atoms with Crippen LogP contribution in [-0.2, 0) is 19.1 Å². The van der Waals surface area contributed by atoms with Crippen molar-refractivity contribution in [3.05, 3.63) is 12.2 Å². The van der Waals surface area contributed by atoms with Gasteiger partial charge >= 0.3 is 11.9 Å². The van der Waals surface area contributed by atoms with Gasteiger partial charge in [-0.1, -0.05) is 6.58 Å². The Morgan fingerprint density at radius 3 is 1.93 bits per heavy atom. The summed E-state index contributed by atoms with van der Waals surface area (Å²) < 4.78 is 10.9. The van der Waals surface area contributed by atoms with Gasteiger partial charge in [0.25, 0.3) is 0 Å². The maximum Gasteiger partial charge on any atom is 0.344 e. The van der Waals surface area contributed by atoms with E-state index in [4.69, 9.17) is 9.47 Å². The SMILES string of the molecule is C=C(C)C(=O)OCC(=O)OC12CC3CC(C(C)(C)O)(C1)CC(C(C)(C)O)(C3)C2. The third-order valence-electron chi connectivity index (χ3n) is 7.61. The second-order valence-corrected chi connectivity index (χ2v) is 10.7. The zero-order valence-corrected chi connectivity index (χ0v) is 17.8. The van der Waals surface area contributed by atoms with Gasteiger partial charge in [-0.15, -0.1) is 0 Å². The lowest BCUT2D eigenvalue weighted by molar-refractivity contribution is -0.286. The Bertz CT molecular complexity index is 665. The number of hydrogen-bond donors (Lipinski definition) is 2. The number of aliphatic hydroxyl groups is 2. The van der Waals surface area contributed by atoms with E-state index in [0.717, 1.165) is 19.3 Å². The van der Waals surface area contributed by atoms with E-state index in [1.807, 2.05) is 27.7 Å². The molecule has 0 saturated heterocycles. The summed E-state index contributed by atoms with van der Waals surface area (Å²) in [6.45, 7) is 11.9. The van der Waals surface area contributed by atoms with E-state index in [0.29, 0.717) is 19.3 Å². The molecule has 4 fully saturated rings. The molecule has 0 radical (unpaired) electrons. The molecule has 2 atom stereocenters. The Kier molecular flexibility index (Phi) is 4.79. The molecule has 0 heterocycles. The highest BCUT2D eigenvalue weighted by Crippen LogP contribution is 2.72. The van der Waals surface area contributed by atoms with Gasteiger partial charge in [0, 0.05) is 16.4 Å². The van der Waals surface area contributed by atoms with Crippen molar-refractivity contribution < 1.29 is 29.3 Å². The number of rotatable bonds is 6. The minimum absolute atomic E-state index is 0.226. The minimum Gasteiger partial charge on any atom is -0.456 e. The van der Waals surface area contributed by atoms with E-state index in [2.05, 4.69) is 6.58 Å². The maximum absolute atomic E-state index is 12.5. The van der Waals surface area contributed by atoms with Gasteiger partial charge < -0.3 is 19.7 Å². The van der Waals surface area contributed by atoms with Crippen LogP contribution in [0.4, 0.5) is 0 Å². The van der Waals surface area contributed by atoms with Crippen molar-refractivity contribution in [3.63, 3.8) is 0 Å². The highest BCUT2D eigenvalue weighted by Gasteiger charge is 2.70. The number of carbonyl (C=O) groups excluding carboxylic acids is 2. The fourth-order valence-corrected chi connectivity index (χ4v) is 6.35. The second kappa shape index (κ2) is 6.30. The first-order valence-corrected chi connectivity index (χ1v) is 10.1. The normalized spacial score (nSPS) is 36.9. The summed E-state index contributed by atoms with van der Waals surface area (Å²) in [5.74, 6) is -0.934. The van der Waals surface area contributed by atoms with Gasteiger partial charge in [0.2, 0.25) is 0 Å². The van der Waals surface area contributed by atoms with Crippen LogP contribution in [-0.4, -0.2) is 45.6 Å². The van der Waals surface area contributed by atoms with Gasteiger partial charge in [-0.25, -0.2) is 9.59 Å². The molecule has 2 unspecified atom stereocenters. The Morgan fingerprint density at radius 2 is 1.50 bits per heavy atom. The molecule has 0 spiro atoms. The average molecular weight is 395 g/mol. The standard InChI is InChI=1S/C22H34O6/c1-14(2)17(24)27-10-16(23)28-22-9-15-7-20(12-22,18(3,4)25)11-21(8-15,13-22)19(5,6)26/h15,25-26H,1,7-13H2,2-6H3. The highest BCUT2D eigenvalue weighted by molar-refractivity contribution is 5.88. The topological polar surface area (TPSA) is 93.1 Å². The zero-order chi connectivity index (χ0) is 21.2. The van der Waals surface area contributed by atoms with Crippen LogP contribution in [0, 0.1) is 16.7 Å². The summed E-state index contributed by atoms with van der Waals surface area (Å²) in [6.07, 6.45) is 4.32. The predicted octanol–water partition coefficient (Wildman–Crippen LogP) is 2.90. The molecule has 28 heavy (non-hydrogen) atoms. The van der Waals surface area contributed by atoms with Crippen molar-refractivity contribution in [2.24, 2.45) is 16.7 Å². The van der Waals surface area contributed by atoms with E-state index in [-0.39, 0.29) is 11.5 Å². The predicted molar refractivity (Wildman–Crippen MR) is 103 cm³/mol. The van der Waals surface area contributed by atoms with Crippen molar-refractivity contribution in [1.82, 2.24) is 0 Å². The van der Waals surface area contributed by atoms with Crippen LogP contribution in [0.25, 0.3) is 0 Å². The lowest BCUT2D eigenvalue weighted by atomic mass is 9.37. The van der Waals surface area contributed by atoms with E-state index in [1.165, 1.54) is 6.92 Å². The minimum atomic E-state index is -0.951. The fraction of sp³-hybridized carbons (Fsp3) is 0.818. The van der Waals surface area contributed by atoms with Crippen LogP contribution in [0.2, 0.25) is 0 Å². The Balaban J connectivity index is 1.88. The molecule has 2 N–H and O–H groups in total. The van der Waals surface area contributed by atoms with Crippen molar-refractivity contribution >= 4 is 11.9 Å². The number of carbonyl (C=O) groups is 2. The molecule has 0 aliphatic heterocycles. The van der Waals surface area contributed by atoms with E-state index in [9.17, 15) is 19.8 Å². The molecule has 4 saturated carbocycles. The molecule has 6 nitrogen and oxygen atoms in total. The highest BCUT2D eigenvalue weighted by atomic mass is 16.6. The third kappa shape index (κ3) is 3.39. The van der Waals surface area contributed by atoms with Crippen LogP contribution in [0.15, 0.2) is 12.2 Å². The molecule has 6 heteroatoms. The van der Waals surface area contributed by atoms with Crippen molar-refractivity contribution in [3.8, 4) is 0 Å². The van der Waals surface area contributed by atoms with Gasteiger partial charge in [-0.2, -0.15) is 0 Å². The van der Waals surface area contributed by atoms with Crippen LogP contribution < -0.4 is 0 Å². The molecule has 4 rings (SSSR count). The van der Waals surface area contributed by atoms with Crippen LogP contribution in [0.1, 0.15) is 73.1 Å². The molecule has 4 aliphatic carbocycles. The molecule has 158 valence electrons. The zero-order valence-electron chi connectivity index (χ0n) is 17.8. The lowest BCUT2D eigenvalue weighted by Crippen LogP contribution is -2.70. The van der Waals surface area contributed by atoms with Crippen molar-refractivity contribution in [2.45, 2.75) is 89.9 Å². The number of hydrogen-bond acceptors (Lipinski definition) is 6. The molecular weight excluding hydrogens is 360 g/mol. The molecule has 0 aromatic carbocycles. The summed E-state index contributed by atoms with van der Waals surface area (Å²) in [5, 5.41) is 22.1. The molecule has 0 aromatic heterocycles. The van der Waals surface area contributed by atoms with E-state index < -0.39 is 46.2 Å². The first-order chi connectivity index (χ1) is 12.6. The first kappa shape index (κ1) is 21.3. The summed E-state index contributed by atoms with van der Waals surface area (Å²) in [4.78, 5) is 24.1. The Labute approximate surface area is 167 Å². The summed E-state index contributed by atoms with van der Waals surface area (Å²) in [6, 6.07) is 0. The van der Waals surface area contributed by atoms with Gasteiger partial charge in [-0.05, 0) is 79.1 Å². The summed E-state index contributed by atoms with van der Waals surface area (Å²) in [5.41, 5.74) is -3.25. The van der Waals surface area contributed by atoms with E-state index >= 15 is 0 Å². The molecule has 0 amide bonds. The molecule has 0 aromatic rings. The number of ether oxygens (including phenoxy) is 2. The summed E-state index contributed by atoms with van der Waals surface area (Å²) in [7, 11) is 0. The van der Waals surface area contributed by atoms with Gasteiger partial charge in [0.05, 0.1) is 11.2 Å². The Hall–Kier alpha value is -1.40. The molecule has 4 bridgehead atoms. The first-order valence-electron chi connectivity index (χ1n) is 10.1. The molecular formula is C22H34O6.